The van der Waals surface area contributed by atoms with Crippen molar-refractivity contribution in [2.24, 2.45) is 5.14 Å². The van der Waals surface area contributed by atoms with E-state index in [9.17, 15) is 8.42 Å². The molecule has 0 aromatic heterocycles. The predicted molar refractivity (Wildman–Crippen MR) is 77.3 cm³/mol. The number of hydrogen-bond acceptors (Lipinski definition) is 3. The molecule has 0 unspecified atom stereocenters. The number of fused-ring (bicyclic) bond motifs is 1. The molecule has 102 valence electrons. The molecule has 0 atom stereocenters. The molecule has 6 heteroatoms. The molecule has 0 saturated heterocycles. The Bertz CT molecular complexity index is 782. The SMILES string of the molecule is N=C1c2ccccc2CN1c1ccc(S(N)(=O)=O)cc1. The number of amidine groups is 1. The Kier molecular flexibility index (Phi) is 2.84. The third kappa shape index (κ3) is 2.09. The standard InChI is InChI=1S/C14H13N3O2S/c15-14-13-4-2-1-3-10(13)9-17(14)11-5-7-12(8-6-11)20(16,18)19/h1-8,15H,9H2,(H2,16,18,19). The molecule has 20 heavy (non-hydrogen) atoms. The van der Waals surface area contributed by atoms with Crippen LogP contribution in [-0.2, 0) is 16.6 Å². The van der Waals surface area contributed by atoms with Crippen molar-refractivity contribution in [3.05, 3.63) is 59.7 Å². The van der Waals surface area contributed by atoms with E-state index in [0.29, 0.717) is 12.4 Å². The van der Waals surface area contributed by atoms with Crippen LogP contribution in [0.2, 0.25) is 0 Å². The maximum absolute atomic E-state index is 11.2. The van der Waals surface area contributed by atoms with Crippen molar-refractivity contribution >= 4 is 21.5 Å². The smallest absolute Gasteiger partial charge is 0.238 e. The summed E-state index contributed by atoms with van der Waals surface area (Å²) in [6.07, 6.45) is 0. The number of benzene rings is 2. The average Bonchev–Trinajstić information content (AvgIpc) is 2.76. The molecule has 3 rings (SSSR count). The van der Waals surface area contributed by atoms with Gasteiger partial charge in [0.05, 0.1) is 11.4 Å². The molecule has 0 aliphatic carbocycles. The van der Waals surface area contributed by atoms with Gasteiger partial charge in [0.1, 0.15) is 5.84 Å². The van der Waals surface area contributed by atoms with Crippen LogP contribution in [0.25, 0.3) is 0 Å². The first-order valence-corrected chi connectivity index (χ1v) is 7.59. The van der Waals surface area contributed by atoms with E-state index in [1.807, 2.05) is 29.2 Å². The molecule has 1 heterocycles. The molecule has 0 fully saturated rings. The van der Waals surface area contributed by atoms with Crippen molar-refractivity contribution in [3.63, 3.8) is 0 Å². The Labute approximate surface area is 117 Å². The second kappa shape index (κ2) is 4.43. The van der Waals surface area contributed by atoms with Crippen LogP contribution in [0, 0.1) is 5.41 Å². The quantitative estimate of drug-likeness (QED) is 0.881. The first kappa shape index (κ1) is 12.8. The van der Waals surface area contributed by atoms with E-state index in [1.165, 1.54) is 12.1 Å². The third-order valence-electron chi connectivity index (χ3n) is 3.35. The number of nitrogens with one attached hydrogen (secondary N) is 1. The summed E-state index contributed by atoms with van der Waals surface area (Å²) in [7, 11) is -3.68. The summed E-state index contributed by atoms with van der Waals surface area (Å²) < 4.78 is 22.5. The summed E-state index contributed by atoms with van der Waals surface area (Å²) in [6, 6.07) is 14.0. The fraction of sp³-hybridized carbons (Fsp3) is 0.0714. The summed E-state index contributed by atoms with van der Waals surface area (Å²) in [6.45, 7) is 0.615. The first-order chi connectivity index (χ1) is 9.47. The molecular weight excluding hydrogens is 274 g/mol. The molecule has 5 nitrogen and oxygen atoms in total. The second-order valence-electron chi connectivity index (χ2n) is 4.63. The molecule has 0 radical (unpaired) electrons. The summed E-state index contributed by atoms with van der Waals surface area (Å²) in [4.78, 5) is 1.90. The molecule has 0 bridgehead atoms. The van der Waals surface area contributed by atoms with Crippen LogP contribution < -0.4 is 10.0 Å². The molecule has 1 aliphatic rings. The van der Waals surface area contributed by atoms with Gasteiger partial charge in [-0.25, -0.2) is 13.6 Å². The summed E-state index contributed by atoms with van der Waals surface area (Å²) >= 11 is 0. The van der Waals surface area contributed by atoms with Crippen LogP contribution in [-0.4, -0.2) is 14.3 Å². The van der Waals surface area contributed by atoms with Crippen molar-refractivity contribution in [1.29, 1.82) is 5.41 Å². The lowest BCUT2D eigenvalue weighted by Gasteiger charge is -2.18. The van der Waals surface area contributed by atoms with E-state index in [-0.39, 0.29) is 4.90 Å². The zero-order chi connectivity index (χ0) is 14.3. The van der Waals surface area contributed by atoms with Crippen molar-refractivity contribution < 1.29 is 8.42 Å². The van der Waals surface area contributed by atoms with Crippen LogP contribution in [0.3, 0.4) is 0 Å². The van der Waals surface area contributed by atoms with Gasteiger partial charge < -0.3 is 4.90 Å². The lowest BCUT2D eigenvalue weighted by atomic mass is 10.1. The fourth-order valence-corrected chi connectivity index (χ4v) is 2.84. The molecule has 1 aliphatic heterocycles. The van der Waals surface area contributed by atoms with Crippen LogP contribution in [0.1, 0.15) is 11.1 Å². The van der Waals surface area contributed by atoms with Gasteiger partial charge in [0, 0.05) is 11.3 Å². The van der Waals surface area contributed by atoms with Gasteiger partial charge in [-0.2, -0.15) is 0 Å². The van der Waals surface area contributed by atoms with Crippen LogP contribution in [0.5, 0.6) is 0 Å². The number of nitrogens with zero attached hydrogens (tertiary/aromatic N) is 1. The average molecular weight is 287 g/mol. The second-order valence-corrected chi connectivity index (χ2v) is 6.19. The van der Waals surface area contributed by atoms with Crippen LogP contribution in [0.15, 0.2) is 53.4 Å². The minimum Gasteiger partial charge on any atom is -0.322 e. The van der Waals surface area contributed by atoms with Gasteiger partial charge in [0.15, 0.2) is 0 Å². The predicted octanol–water partition coefficient (Wildman–Crippen LogP) is 1.68. The summed E-state index contributed by atoms with van der Waals surface area (Å²) in [5.41, 5.74) is 2.77. The lowest BCUT2D eigenvalue weighted by molar-refractivity contribution is 0.598. The zero-order valence-corrected chi connectivity index (χ0v) is 11.4. The summed E-state index contributed by atoms with van der Waals surface area (Å²) in [5, 5.41) is 13.3. The van der Waals surface area contributed by atoms with E-state index < -0.39 is 10.0 Å². The highest BCUT2D eigenvalue weighted by atomic mass is 32.2. The van der Waals surface area contributed by atoms with E-state index in [4.69, 9.17) is 10.5 Å². The van der Waals surface area contributed by atoms with E-state index in [2.05, 4.69) is 0 Å². The molecule has 3 N–H and O–H groups in total. The van der Waals surface area contributed by atoms with Crippen LogP contribution >= 0.6 is 0 Å². The maximum atomic E-state index is 11.2. The van der Waals surface area contributed by atoms with Gasteiger partial charge in [-0.15, -0.1) is 0 Å². The maximum Gasteiger partial charge on any atom is 0.238 e. The van der Waals surface area contributed by atoms with Crippen molar-refractivity contribution in [2.75, 3.05) is 4.90 Å². The van der Waals surface area contributed by atoms with Crippen molar-refractivity contribution in [2.45, 2.75) is 11.4 Å². The van der Waals surface area contributed by atoms with Crippen molar-refractivity contribution in [3.8, 4) is 0 Å². The van der Waals surface area contributed by atoms with Crippen LogP contribution in [0.4, 0.5) is 5.69 Å². The van der Waals surface area contributed by atoms with Gasteiger partial charge in [-0.3, -0.25) is 5.41 Å². The molecule has 0 amide bonds. The van der Waals surface area contributed by atoms with E-state index in [1.54, 1.807) is 12.1 Å². The van der Waals surface area contributed by atoms with E-state index in [0.717, 1.165) is 16.8 Å². The molecule has 0 saturated carbocycles. The molecular formula is C14H13N3O2S. The van der Waals surface area contributed by atoms with Gasteiger partial charge >= 0.3 is 0 Å². The number of sulfonamides is 1. The first-order valence-electron chi connectivity index (χ1n) is 6.04. The largest absolute Gasteiger partial charge is 0.322 e. The topological polar surface area (TPSA) is 87.2 Å². The lowest BCUT2D eigenvalue weighted by Crippen LogP contribution is -2.23. The Morgan fingerprint density at radius 2 is 1.70 bits per heavy atom. The minimum absolute atomic E-state index is 0.0736. The molecule has 2 aromatic rings. The minimum atomic E-state index is -3.68. The number of hydrogen-bond donors (Lipinski definition) is 2. The van der Waals surface area contributed by atoms with E-state index >= 15 is 0 Å². The Balaban J connectivity index is 1.95. The number of nitrogens with two attached hydrogens (primary N) is 1. The Morgan fingerprint density at radius 1 is 1.05 bits per heavy atom. The number of primary sulfonamides is 1. The van der Waals surface area contributed by atoms with Gasteiger partial charge in [0.2, 0.25) is 10.0 Å². The van der Waals surface area contributed by atoms with Gasteiger partial charge in [0.25, 0.3) is 0 Å². The summed E-state index contributed by atoms with van der Waals surface area (Å²) in [5.74, 6) is 0.420. The van der Waals surface area contributed by atoms with Gasteiger partial charge in [-0.05, 0) is 29.8 Å². The fourth-order valence-electron chi connectivity index (χ4n) is 2.32. The zero-order valence-electron chi connectivity index (χ0n) is 10.6. The monoisotopic (exact) mass is 287 g/mol. The van der Waals surface area contributed by atoms with Crippen molar-refractivity contribution in [1.82, 2.24) is 0 Å². The number of rotatable bonds is 2. The van der Waals surface area contributed by atoms with Gasteiger partial charge in [-0.1, -0.05) is 24.3 Å². The highest BCUT2D eigenvalue weighted by Gasteiger charge is 2.24. The normalized spacial score (nSPS) is 14.4. The highest BCUT2D eigenvalue weighted by molar-refractivity contribution is 7.89. The molecule has 0 spiro atoms. The third-order valence-corrected chi connectivity index (χ3v) is 4.28. The Hall–Kier alpha value is -2.18. The highest BCUT2D eigenvalue weighted by Crippen LogP contribution is 2.28. The molecule has 2 aromatic carbocycles. The number of anilines is 1. The Morgan fingerprint density at radius 3 is 2.30 bits per heavy atom.